The van der Waals surface area contributed by atoms with E-state index in [-0.39, 0.29) is 12.5 Å². The molecule has 2 aromatic carbocycles. The zero-order valence-corrected chi connectivity index (χ0v) is 20.0. The molecule has 0 fully saturated rings. The number of phenols is 1. The number of carbonyl (C=O) groups excluding carboxylic acids is 1. The van der Waals surface area contributed by atoms with Crippen LogP contribution in [0, 0.1) is 13.8 Å². The summed E-state index contributed by atoms with van der Waals surface area (Å²) in [5, 5.41) is 10.1. The second-order valence-electron chi connectivity index (χ2n) is 8.36. The molecule has 1 amide bonds. The molecular formula is C24H34NO4P. The molecule has 5 nitrogen and oxygen atoms in total. The highest BCUT2D eigenvalue weighted by molar-refractivity contribution is 7.60. The third kappa shape index (κ3) is 5.66. The second kappa shape index (κ2) is 9.70. The van der Waals surface area contributed by atoms with Gasteiger partial charge in [-0.15, -0.1) is 0 Å². The summed E-state index contributed by atoms with van der Waals surface area (Å²) in [5.41, 5.74) is 6.53. The van der Waals surface area contributed by atoms with Crippen molar-refractivity contribution in [1.82, 2.24) is 4.67 Å². The highest BCUT2D eigenvalue weighted by Crippen LogP contribution is 2.48. The number of nitrogens with zero attached hydrogens (tertiary/aromatic N) is 1. The molecule has 6 heteroatoms. The normalized spacial score (nSPS) is 13.2. The molecule has 164 valence electrons. The number of hydrogen-bond acceptors (Lipinski definition) is 4. The van der Waals surface area contributed by atoms with E-state index in [1.165, 1.54) is 17.3 Å². The van der Waals surface area contributed by atoms with Gasteiger partial charge in [0.15, 0.2) is 7.29 Å². The molecule has 0 bridgehead atoms. The number of carbonyl (C=O) groups is 1. The van der Waals surface area contributed by atoms with Crippen LogP contribution in [0.4, 0.5) is 4.79 Å². The molecule has 0 saturated carbocycles. The van der Waals surface area contributed by atoms with Crippen molar-refractivity contribution in [2.24, 2.45) is 0 Å². The smallest absolute Gasteiger partial charge is 0.415 e. The van der Waals surface area contributed by atoms with Crippen LogP contribution < -0.4 is 0 Å². The van der Waals surface area contributed by atoms with Crippen molar-refractivity contribution in [3.8, 4) is 5.75 Å². The summed E-state index contributed by atoms with van der Waals surface area (Å²) < 4.78 is 19.4. The van der Waals surface area contributed by atoms with E-state index in [1.807, 2.05) is 6.07 Å². The lowest BCUT2D eigenvalue weighted by atomic mass is 9.92. The minimum atomic E-state index is -2.90. The third-order valence-electron chi connectivity index (χ3n) is 5.49. The maximum absolute atomic E-state index is 13.1. The van der Waals surface area contributed by atoms with E-state index in [4.69, 9.17) is 4.74 Å². The number of phenolic OH excluding ortho intramolecular Hbond substituents is 1. The standard InChI is InChI=1S/C24H34NO4P/c1-8-29-24(27)25(6)30(7,28)15-20-11-17(4)22(18(5)12-20)14-19-9-10-23(26)21(13-19)16(2)3/h9-13,16,26H,8,14-15H2,1-7H3. The molecule has 0 heterocycles. The van der Waals surface area contributed by atoms with Gasteiger partial charge in [-0.2, -0.15) is 0 Å². The number of benzene rings is 2. The summed E-state index contributed by atoms with van der Waals surface area (Å²) in [7, 11) is -1.37. The van der Waals surface area contributed by atoms with Crippen molar-refractivity contribution < 1.29 is 19.2 Å². The Hall–Kier alpha value is -2.26. The Morgan fingerprint density at radius 2 is 1.73 bits per heavy atom. The van der Waals surface area contributed by atoms with Crippen LogP contribution in [0.2, 0.25) is 0 Å². The van der Waals surface area contributed by atoms with E-state index in [1.54, 1.807) is 19.7 Å². The lowest BCUT2D eigenvalue weighted by Crippen LogP contribution is -2.25. The number of aromatic hydroxyl groups is 1. The predicted molar refractivity (Wildman–Crippen MR) is 123 cm³/mol. The van der Waals surface area contributed by atoms with Gasteiger partial charge in [0, 0.05) is 19.9 Å². The first-order valence-corrected chi connectivity index (χ1v) is 12.6. The molecule has 1 N–H and O–H groups in total. The van der Waals surface area contributed by atoms with Gasteiger partial charge < -0.3 is 9.84 Å². The fourth-order valence-corrected chi connectivity index (χ4v) is 5.14. The van der Waals surface area contributed by atoms with Crippen molar-refractivity contribution in [2.75, 3.05) is 20.3 Å². The quantitative estimate of drug-likeness (QED) is 0.529. The molecule has 0 aromatic heterocycles. The predicted octanol–water partition coefficient (Wildman–Crippen LogP) is 6.22. The van der Waals surface area contributed by atoms with Crippen LogP contribution in [0.5, 0.6) is 5.75 Å². The minimum absolute atomic E-state index is 0.254. The lowest BCUT2D eigenvalue weighted by molar-refractivity contribution is 0.136. The van der Waals surface area contributed by atoms with Gasteiger partial charge >= 0.3 is 6.09 Å². The van der Waals surface area contributed by atoms with Crippen molar-refractivity contribution in [1.29, 1.82) is 0 Å². The molecule has 0 aliphatic heterocycles. The average Bonchev–Trinajstić information content (AvgIpc) is 2.64. The number of ether oxygens (including phenoxy) is 1. The summed E-state index contributed by atoms with van der Waals surface area (Å²) in [6.45, 7) is 11.9. The monoisotopic (exact) mass is 431 g/mol. The molecule has 0 aliphatic carbocycles. The van der Waals surface area contributed by atoms with Gasteiger partial charge in [-0.1, -0.05) is 38.1 Å². The van der Waals surface area contributed by atoms with Crippen LogP contribution in [0.15, 0.2) is 30.3 Å². The van der Waals surface area contributed by atoms with E-state index in [9.17, 15) is 14.5 Å². The van der Waals surface area contributed by atoms with Crippen LogP contribution in [0.1, 0.15) is 60.1 Å². The molecule has 30 heavy (non-hydrogen) atoms. The van der Waals surface area contributed by atoms with Gasteiger partial charge in [0.05, 0.1) is 6.61 Å². The van der Waals surface area contributed by atoms with Crippen LogP contribution >= 0.6 is 7.29 Å². The first kappa shape index (κ1) is 24.0. The van der Waals surface area contributed by atoms with E-state index in [0.29, 0.717) is 11.9 Å². The molecular weight excluding hydrogens is 397 g/mol. The molecule has 1 unspecified atom stereocenters. The molecule has 2 aromatic rings. The van der Waals surface area contributed by atoms with Crippen molar-refractivity contribution in [3.05, 3.63) is 63.7 Å². The van der Waals surface area contributed by atoms with Gasteiger partial charge in [0.2, 0.25) is 0 Å². The first-order valence-electron chi connectivity index (χ1n) is 10.3. The van der Waals surface area contributed by atoms with Gasteiger partial charge in [-0.3, -0.25) is 9.24 Å². The topological polar surface area (TPSA) is 66.8 Å². The molecule has 0 aliphatic rings. The Bertz CT molecular complexity index is 945. The lowest BCUT2D eigenvalue weighted by Gasteiger charge is -2.25. The van der Waals surface area contributed by atoms with Crippen LogP contribution in [0.25, 0.3) is 0 Å². The van der Waals surface area contributed by atoms with Crippen LogP contribution in [-0.4, -0.2) is 36.2 Å². The van der Waals surface area contributed by atoms with Gasteiger partial charge in [-0.05, 0) is 72.6 Å². The molecule has 0 saturated heterocycles. The Kier molecular flexibility index (Phi) is 7.76. The maximum atomic E-state index is 13.1. The maximum Gasteiger partial charge on any atom is 0.415 e. The second-order valence-corrected chi connectivity index (χ2v) is 11.4. The Morgan fingerprint density at radius 3 is 2.27 bits per heavy atom. The highest BCUT2D eigenvalue weighted by Gasteiger charge is 2.28. The summed E-state index contributed by atoms with van der Waals surface area (Å²) in [5.74, 6) is 0.589. The van der Waals surface area contributed by atoms with Crippen LogP contribution in [0.3, 0.4) is 0 Å². The summed E-state index contributed by atoms with van der Waals surface area (Å²) in [6.07, 6.45) is 0.521. The number of amides is 1. The van der Waals surface area contributed by atoms with Gasteiger partial charge in [-0.25, -0.2) is 4.79 Å². The average molecular weight is 432 g/mol. The summed E-state index contributed by atoms with van der Waals surface area (Å²) >= 11 is 0. The third-order valence-corrected chi connectivity index (χ3v) is 7.88. The van der Waals surface area contributed by atoms with Crippen LogP contribution in [-0.2, 0) is 21.9 Å². The largest absolute Gasteiger partial charge is 0.508 e. The van der Waals surface area contributed by atoms with E-state index < -0.39 is 13.4 Å². The molecule has 2 rings (SSSR count). The van der Waals surface area contributed by atoms with E-state index in [2.05, 4.69) is 45.9 Å². The van der Waals surface area contributed by atoms with Gasteiger partial charge in [0.25, 0.3) is 0 Å². The number of rotatable bonds is 7. The minimum Gasteiger partial charge on any atom is -0.508 e. The number of hydrogen-bond donors (Lipinski definition) is 1. The molecule has 0 radical (unpaired) electrons. The highest BCUT2D eigenvalue weighted by atomic mass is 31.2. The zero-order chi connectivity index (χ0) is 22.6. The van der Waals surface area contributed by atoms with E-state index >= 15 is 0 Å². The Balaban J connectivity index is 2.27. The Labute approximate surface area is 180 Å². The fourth-order valence-electron chi connectivity index (χ4n) is 3.67. The summed E-state index contributed by atoms with van der Waals surface area (Å²) in [6, 6.07) is 9.91. The first-order chi connectivity index (χ1) is 14.0. The zero-order valence-electron chi connectivity index (χ0n) is 19.2. The SMILES string of the molecule is CCOC(=O)N(C)P(C)(=O)Cc1cc(C)c(Cc2ccc(O)c(C(C)C)c2)c(C)c1. The number of aryl methyl sites for hydroxylation is 2. The van der Waals surface area contributed by atoms with Crippen molar-refractivity contribution >= 4 is 13.4 Å². The molecule has 1 atom stereocenters. The van der Waals surface area contributed by atoms with Crippen molar-refractivity contribution in [3.63, 3.8) is 0 Å². The summed E-state index contributed by atoms with van der Waals surface area (Å²) in [4.78, 5) is 12.0. The Morgan fingerprint density at radius 1 is 1.13 bits per heavy atom. The fraction of sp³-hybridized carbons (Fsp3) is 0.458. The van der Waals surface area contributed by atoms with E-state index in [0.717, 1.165) is 34.2 Å². The van der Waals surface area contributed by atoms with Gasteiger partial charge in [0.1, 0.15) is 5.75 Å². The van der Waals surface area contributed by atoms with Crippen molar-refractivity contribution in [2.45, 2.75) is 53.1 Å². The molecule has 0 spiro atoms.